The number of hydrogen-bond donors (Lipinski definition) is 2. The van der Waals surface area contributed by atoms with Crippen molar-refractivity contribution in [2.24, 2.45) is 5.92 Å². The Morgan fingerprint density at radius 3 is 2.34 bits per heavy atom. The van der Waals surface area contributed by atoms with Crippen LogP contribution in [0.25, 0.3) is 16.5 Å². The highest BCUT2D eigenvalue weighted by Gasteiger charge is 2.39. The number of piperidine rings is 2. The predicted molar refractivity (Wildman–Crippen MR) is 217 cm³/mol. The highest BCUT2D eigenvalue weighted by Crippen LogP contribution is 2.41. The van der Waals surface area contributed by atoms with Crippen molar-refractivity contribution < 1.29 is 18.8 Å². The second kappa shape index (κ2) is 15.5. The van der Waals surface area contributed by atoms with Gasteiger partial charge in [-0.25, -0.2) is 0 Å². The van der Waals surface area contributed by atoms with Crippen molar-refractivity contribution in [2.45, 2.75) is 83.7 Å². The van der Waals surface area contributed by atoms with E-state index >= 15 is 0 Å². The first-order chi connectivity index (χ1) is 27.3. The molecule has 1 aromatic heterocycles. The lowest BCUT2D eigenvalue weighted by Gasteiger charge is -2.40. The molecule has 3 saturated heterocycles. The number of piperazine rings is 1. The Morgan fingerprint density at radius 1 is 0.821 bits per heavy atom. The molecule has 10 nitrogen and oxygen atoms in total. The Kier molecular flexibility index (Phi) is 10.1. The number of aryl methyl sites for hydroxylation is 1. The number of unbranched alkanes of at least 4 members (excludes halogenated alkanes) is 1. The van der Waals surface area contributed by atoms with Crippen LogP contribution in [0, 0.1) is 11.9 Å². The molecule has 4 aromatic rings. The molecule has 2 N–H and O–H groups in total. The minimum atomic E-state index is -0.590. The van der Waals surface area contributed by atoms with Gasteiger partial charge in [-0.15, -0.1) is 0 Å². The van der Waals surface area contributed by atoms with Gasteiger partial charge in [-0.3, -0.25) is 29.7 Å². The van der Waals surface area contributed by atoms with Crippen LogP contribution in [0.5, 0.6) is 0 Å². The van der Waals surface area contributed by atoms with Crippen LogP contribution in [0.4, 0.5) is 15.8 Å². The van der Waals surface area contributed by atoms with Crippen LogP contribution in [0.3, 0.4) is 0 Å². The first kappa shape index (κ1) is 36.6. The second-order valence-corrected chi connectivity index (χ2v) is 16.5. The summed E-state index contributed by atoms with van der Waals surface area (Å²) in [6.45, 7) is 9.79. The van der Waals surface area contributed by atoms with E-state index in [9.17, 15) is 18.8 Å². The maximum Gasteiger partial charge on any atom is 0.255 e. The van der Waals surface area contributed by atoms with E-state index in [0.717, 1.165) is 107 Å². The number of anilines is 2. The molecule has 56 heavy (non-hydrogen) atoms. The molecule has 3 amide bonds. The quantitative estimate of drug-likeness (QED) is 0.181. The smallest absolute Gasteiger partial charge is 0.255 e. The average molecular weight is 758 g/mol. The normalized spacial score (nSPS) is 21.1. The molecule has 4 aliphatic heterocycles. The maximum absolute atomic E-state index is 14.9. The zero-order valence-electron chi connectivity index (χ0n) is 32.4. The van der Waals surface area contributed by atoms with E-state index in [1.165, 1.54) is 35.2 Å². The number of aromatic nitrogens is 2. The first-order valence-electron chi connectivity index (χ1n) is 20.8. The van der Waals surface area contributed by atoms with Gasteiger partial charge in [0.2, 0.25) is 17.8 Å². The molecule has 9 rings (SSSR count). The SMILES string of the molecule is CCCCC1=C(c2ccc(N3CCC(CN4CCN(c5ccc6c(c5)CN([C@H]5CCC(=O)NC5=O)C6=O)CC4)CC3)cc2)c2ccc3n[nH]c(F)c3c2CCC1. The fourth-order valence-corrected chi connectivity index (χ4v) is 9.95. The van der Waals surface area contributed by atoms with Crippen LogP contribution < -0.4 is 15.1 Å². The molecular formula is C45H52FN7O3. The van der Waals surface area contributed by atoms with Crippen LogP contribution >= 0.6 is 0 Å². The molecule has 3 aromatic carbocycles. The van der Waals surface area contributed by atoms with Gasteiger partial charge in [-0.2, -0.15) is 9.49 Å². The summed E-state index contributed by atoms with van der Waals surface area (Å²) in [5, 5.41) is 9.83. The number of nitrogens with zero attached hydrogens (tertiary/aromatic N) is 5. The minimum absolute atomic E-state index is 0.126. The van der Waals surface area contributed by atoms with E-state index in [4.69, 9.17) is 0 Å². The van der Waals surface area contributed by atoms with Gasteiger partial charge in [0.05, 0.1) is 10.9 Å². The Hall–Kier alpha value is -5.03. The van der Waals surface area contributed by atoms with Crippen LogP contribution in [-0.4, -0.2) is 89.6 Å². The predicted octanol–water partition coefficient (Wildman–Crippen LogP) is 6.83. The number of allylic oxidation sites excluding steroid dienone is 1. The van der Waals surface area contributed by atoms with Gasteiger partial charge in [-0.05, 0) is 122 Å². The summed E-state index contributed by atoms with van der Waals surface area (Å²) in [5.74, 6) is -0.420. The van der Waals surface area contributed by atoms with E-state index in [-0.39, 0.29) is 30.1 Å². The molecular weight excluding hydrogens is 706 g/mol. The van der Waals surface area contributed by atoms with Crippen LogP contribution in [0.2, 0.25) is 0 Å². The maximum atomic E-state index is 14.9. The third kappa shape index (κ3) is 6.99. The number of halogens is 1. The van der Waals surface area contributed by atoms with Gasteiger partial charge in [0.1, 0.15) is 6.04 Å². The Morgan fingerprint density at radius 2 is 1.57 bits per heavy atom. The summed E-state index contributed by atoms with van der Waals surface area (Å²) < 4.78 is 14.9. The van der Waals surface area contributed by atoms with Gasteiger partial charge in [-0.1, -0.05) is 37.1 Å². The molecule has 5 aliphatic rings. The van der Waals surface area contributed by atoms with Gasteiger partial charge in [0.25, 0.3) is 5.91 Å². The zero-order valence-corrected chi connectivity index (χ0v) is 32.4. The number of nitrogens with one attached hydrogen (secondary N) is 2. The molecule has 3 fully saturated rings. The monoisotopic (exact) mass is 757 g/mol. The Bertz CT molecular complexity index is 2180. The fourth-order valence-electron chi connectivity index (χ4n) is 9.95. The standard InChI is InChI=1S/C45H52FN7O3/c1-2-3-5-30-6-4-7-36-37(14-15-38-42(36)43(46)49-48-38)41(30)31-8-10-33(11-9-31)51-20-18-29(19-21-51)27-50-22-24-52(25-23-50)34-12-13-35-32(26-34)28-53(45(35)56)39-16-17-40(54)47-44(39)55/h8-15,26,29,39H,2-7,16-25,27-28H2,1H3,(H,48,49)(H,47,54,55)/t39-/m0/s1. The molecule has 0 bridgehead atoms. The number of H-pyrrole nitrogens is 1. The number of aromatic amines is 1. The largest absolute Gasteiger partial charge is 0.372 e. The highest BCUT2D eigenvalue weighted by atomic mass is 19.1. The average Bonchev–Trinajstić information content (AvgIpc) is 3.69. The van der Waals surface area contributed by atoms with Crippen LogP contribution in [0.15, 0.2) is 60.2 Å². The Labute approximate surface area is 328 Å². The third-order valence-corrected chi connectivity index (χ3v) is 13.0. The van der Waals surface area contributed by atoms with Crippen LogP contribution in [-0.2, 0) is 22.6 Å². The first-order valence-corrected chi connectivity index (χ1v) is 20.8. The highest BCUT2D eigenvalue weighted by molar-refractivity contribution is 6.05. The van der Waals surface area contributed by atoms with Gasteiger partial charge in [0.15, 0.2) is 0 Å². The number of rotatable bonds is 9. The van der Waals surface area contributed by atoms with E-state index in [1.807, 2.05) is 18.2 Å². The van der Waals surface area contributed by atoms with Crippen LogP contribution in [0.1, 0.15) is 97.3 Å². The summed E-state index contributed by atoms with van der Waals surface area (Å²) in [6.07, 6.45) is 9.30. The summed E-state index contributed by atoms with van der Waals surface area (Å²) in [5.41, 5.74) is 11.0. The second-order valence-electron chi connectivity index (χ2n) is 16.5. The minimum Gasteiger partial charge on any atom is -0.372 e. The van der Waals surface area contributed by atoms with Gasteiger partial charge < -0.3 is 14.7 Å². The molecule has 5 heterocycles. The Balaban J connectivity index is 0.797. The van der Waals surface area contributed by atoms with Crippen molar-refractivity contribution in [1.29, 1.82) is 0 Å². The summed E-state index contributed by atoms with van der Waals surface area (Å²) >= 11 is 0. The summed E-state index contributed by atoms with van der Waals surface area (Å²) in [4.78, 5) is 46.5. The van der Waals surface area contributed by atoms with Crippen molar-refractivity contribution >= 4 is 45.6 Å². The fraction of sp³-hybridized carbons (Fsp3) is 0.467. The lowest BCUT2D eigenvalue weighted by molar-refractivity contribution is -0.136. The molecule has 1 atom stereocenters. The summed E-state index contributed by atoms with van der Waals surface area (Å²) in [7, 11) is 0. The molecule has 0 unspecified atom stereocenters. The number of carbonyl (C=O) groups is 3. The molecule has 0 saturated carbocycles. The van der Waals surface area contributed by atoms with E-state index < -0.39 is 6.04 Å². The number of hydrogen-bond acceptors (Lipinski definition) is 7. The molecule has 1 aliphatic carbocycles. The van der Waals surface area contributed by atoms with Gasteiger partial charge >= 0.3 is 0 Å². The lowest BCUT2D eigenvalue weighted by Crippen LogP contribution is -2.52. The van der Waals surface area contributed by atoms with Crippen molar-refractivity contribution in [3.05, 3.63) is 93.9 Å². The number of imide groups is 1. The summed E-state index contributed by atoms with van der Waals surface area (Å²) in [6, 6.07) is 18.8. The van der Waals surface area contributed by atoms with Crippen molar-refractivity contribution in [3.8, 4) is 0 Å². The number of benzene rings is 3. The number of fused-ring (bicyclic) bond motifs is 4. The van der Waals surface area contributed by atoms with Gasteiger partial charge in [0, 0.05) is 75.7 Å². The van der Waals surface area contributed by atoms with E-state index in [2.05, 4.69) is 73.5 Å². The number of amides is 3. The third-order valence-electron chi connectivity index (χ3n) is 13.0. The molecule has 292 valence electrons. The van der Waals surface area contributed by atoms with E-state index in [1.54, 1.807) is 4.90 Å². The zero-order chi connectivity index (χ0) is 38.3. The number of carbonyl (C=O) groups excluding carboxylic acids is 3. The van der Waals surface area contributed by atoms with Crippen molar-refractivity contribution in [1.82, 2.24) is 25.3 Å². The lowest BCUT2D eigenvalue weighted by atomic mass is 9.87. The molecule has 11 heteroatoms. The van der Waals surface area contributed by atoms with Crippen molar-refractivity contribution in [3.63, 3.8) is 0 Å². The topological polar surface area (TPSA) is 105 Å². The molecule has 0 radical (unpaired) electrons. The van der Waals surface area contributed by atoms with E-state index in [0.29, 0.717) is 35.3 Å². The molecule has 0 spiro atoms. The van der Waals surface area contributed by atoms with Crippen molar-refractivity contribution in [2.75, 3.05) is 55.6 Å².